The molecule has 6 unspecified atom stereocenters. The van der Waals surface area contributed by atoms with E-state index in [1.54, 1.807) is 115 Å². The molecule has 0 aliphatic carbocycles. The Bertz CT molecular complexity index is 3500. The first kappa shape index (κ1) is 102. The number of carbonyl (C=O) groups excluding carboxylic acids is 10. The van der Waals surface area contributed by atoms with Gasteiger partial charge in [0.2, 0.25) is 35.4 Å². The Morgan fingerprint density at radius 2 is 0.788 bits per heavy atom. The summed E-state index contributed by atoms with van der Waals surface area (Å²) in [6, 6.07) is 13.7. The average molecular weight is 1740 g/mol. The van der Waals surface area contributed by atoms with Gasteiger partial charge in [0.25, 0.3) is 0 Å². The van der Waals surface area contributed by atoms with Crippen LogP contribution in [0, 0.1) is 0 Å². The number of anilines is 2. The van der Waals surface area contributed by atoms with E-state index in [0.717, 1.165) is 0 Å². The number of unbranched alkanes of at least 4 members (excludes halogenated alkanes) is 2. The van der Waals surface area contributed by atoms with Crippen molar-refractivity contribution >= 4 is 130 Å². The van der Waals surface area contributed by atoms with Crippen LogP contribution in [0.15, 0.2) is 95.2 Å². The molecule has 2 heterocycles. The summed E-state index contributed by atoms with van der Waals surface area (Å²) in [6.07, 6.45) is 5.52. The van der Waals surface area contributed by atoms with Crippen molar-refractivity contribution in [3.63, 3.8) is 0 Å². The first-order valence-electron chi connectivity index (χ1n) is 38.9. The summed E-state index contributed by atoms with van der Waals surface area (Å²) in [5.74, 6) is -3.32. The second-order valence-electron chi connectivity index (χ2n) is 28.7. The molecule has 34 nitrogen and oxygen atoms in total. The predicted octanol–water partition coefficient (Wildman–Crippen LogP) is 8.11. The van der Waals surface area contributed by atoms with Gasteiger partial charge in [-0.25, -0.2) is 19.6 Å². The number of rotatable bonds is 57. The number of benzene rings is 2. The number of hydrogen-bond acceptors (Lipinski definition) is 26. The van der Waals surface area contributed by atoms with Gasteiger partial charge in [-0.3, -0.25) is 58.1 Å². The number of esters is 2. The molecular formula is C80H116Cl4N14O20. The number of hydrogen-bond donors (Lipinski definition) is 8. The van der Waals surface area contributed by atoms with E-state index in [2.05, 4.69) is 51.9 Å². The summed E-state index contributed by atoms with van der Waals surface area (Å²) in [4.78, 5) is 151. The second kappa shape index (κ2) is 57.4. The summed E-state index contributed by atoms with van der Waals surface area (Å²) in [6.45, 7) is 14.9. The SMILES string of the molecule is COC(=O)CC(NC(=O)C(CC(N)C=NCCOCCOCCOCCNC(=O)CCC(=O)NCCOCCOCCOCCN=CC(N)CC(NC(=O)CCCCN(C(=O)OC(C)(C)C)c1ccccn1)C(=O)NC(CC(=O)OC)c1cc(Cl)cc(Cl)c1)NC(=O)CCCCN(C(=O)OC(C)(C)C)c1ccccn1)c1cc(Cl)cc(Cl)c1. The fourth-order valence-corrected chi connectivity index (χ4v) is 11.9. The maximum absolute atomic E-state index is 14.0. The van der Waals surface area contributed by atoms with Crippen LogP contribution >= 0.6 is 46.4 Å². The van der Waals surface area contributed by atoms with E-state index in [0.29, 0.717) is 48.4 Å². The predicted molar refractivity (Wildman–Crippen MR) is 447 cm³/mol. The molecule has 0 bridgehead atoms. The van der Waals surface area contributed by atoms with E-state index in [4.69, 9.17) is 105 Å². The van der Waals surface area contributed by atoms with Crippen molar-refractivity contribution in [3.05, 3.63) is 116 Å². The number of nitrogens with two attached hydrogens (primary N) is 2. The third kappa shape index (κ3) is 46.0. The molecule has 6 atom stereocenters. The minimum Gasteiger partial charge on any atom is -0.469 e. The van der Waals surface area contributed by atoms with Crippen LogP contribution in [0.1, 0.15) is 142 Å². The van der Waals surface area contributed by atoms with Crippen molar-refractivity contribution in [1.82, 2.24) is 41.9 Å². The van der Waals surface area contributed by atoms with E-state index in [-0.39, 0.29) is 202 Å². The normalized spacial score (nSPS) is 13.1. The van der Waals surface area contributed by atoms with E-state index < -0.39 is 95.2 Å². The zero-order valence-electron chi connectivity index (χ0n) is 68.4. The number of amides is 8. The standard InChI is InChI=1S/C80H116Cl4N14O20/c1-79(2,3)117-77(107)97(67-17-9-13-23-89-67)29-15-11-19-71(101)93-65(75(105)95-63(51-73(103)109-7)55-43-57(81)47-58(82)44-55)49-61(85)53-87-25-31-111-35-39-115-41-37-113-33-27-91-69(99)21-22-70(100)92-28-34-114-38-42-116-40-36-112-32-26-88-54-62(86)50-66(76(106)96-64(52-74(104)110-8)56-45-59(83)48-60(84)46-56)94-72(102)20-12-16-30-98(68-18-10-14-24-90-68)78(108)118-80(4,5)6/h9-10,13-14,17-18,23-24,43-48,53-54,61-66H,11-12,15-16,19-22,25-42,49-52,85-86H2,1-8H3,(H,91,99)(H,92,100)(H,93,101)(H,94,102)(H,95,105)(H,96,106). The highest BCUT2D eigenvalue weighted by Gasteiger charge is 2.32. The Morgan fingerprint density at radius 3 is 1.11 bits per heavy atom. The van der Waals surface area contributed by atoms with Gasteiger partial charge in [0, 0.05) is 109 Å². The first-order chi connectivity index (χ1) is 56.3. The fraction of sp³-hybridized carbons (Fsp3) is 0.575. The highest BCUT2D eigenvalue weighted by Crippen LogP contribution is 2.29. The number of nitrogens with one attached hydrogen (secondary N) is 6. The van der Waals surface area contributed by atoms with Gasteiger partial charge in [-0.2, -0.15) is 0 Å². The molecule has 2 aromatic heterocycles. The topological polar surface area (TPSA) is 444 Å². The number of aromatic nitrogens is 2. The van der Waals surface area contributed by atoms with Crippen molar-refractivity contribution < 1.29 is 95.3 Å². The fourth-order valence-electron chi connectivity index (χ4n) is 10.8. The molecule has 0 aliphatic heterocycles. The van der Waals surface area contributed by atoms with E-state index in [9.17, 15) is 47.9 Å². The lowest BCUT2D eigenvalue weighted by atomic mass is 10.0. The summed E-state index contributed by atoms with van der Waals surface area (Å²) in [5, 5.41) is 17.7. The Labute approximate surface area is 709 Å². The van der Waals surface area contributed by atoms with Crippen molar-refractivity contribution in [2.24, 2.45) is 21.5 Å². The first-order valence-corrected chi connectivity index (χ1v) is 40.4. The molecule has 2 aromatic carbocycles. The van der Waals surface area contributed by atoms with Crippen LogP contribution in [-0.2, 0) is 85.7 Å². The molecule has 8 amide bonds. The molecule has 0 fully saturated rings. The lowest BCUT2D eigenvalue weighted by molar-refractivity contribution is -0.142. The molecular weight excluding hydrogens is 1620 g/mol. The van der Waals surface area contributed by atoms with Gasteiger partial charge >= 0.3 is 24.1 Å². The molecule has 0 aliphatic rings. The number of pyridine rings is 2. The molecule has 4 aromatic rings. The van der Waals surface area contributed by atoms with E-state index in [1.807, 2.05) is 0 Å². The zero-order valence-corrected chi connectivity index (χ0v) is 71.5. The van der Waals surface area contributed by atoms with Gasteiger partial charge in [0.15, 0.2) is 0 Å². The van der Waals surface area contributed by atoms with Gasteiger partial charge < -0.3 is 90.7 Å². The number of carbonyl (C=O) groups is 10. The van der Waals surface area contributed by atoms with Crippen LogP contribution < -0.4 is 53.2 Å². The monoisotopic (exact) mass is 1730 g/mol. The minimum absolute atomic E-state index is 0.0105. The Morgan fingerprint density at radius 1 is 0.449 bits per heavy atom. The lowest BCUT2D eigenvalue weighted by Crippen LogP contribution is -2.50. The zero-order chi connectivity index (χ0) is 86.7. The van der Waals surface area contributed by atoms with Crippen molar-refractivity contribution in [2.45, 2.75) is 166 Å². The number of nitrogens with zero attached hydrogens (tertiary/aromatic N) is 6. The van der Waals surface area contributed by atoms with Crippen LogP contribution in [0.25, 0.3) is 0 Å². The molecule has 10 N–H and O–H groups in total. The van der Waals surface area contributed by atoms with E-state index >= 15 is 0 Å². The van der Waals surface area contributed by atoms with Crippen LogP contribution in [0.4, 0.5) is 21.2 Å². The Kier molecular flexibility index (Phi) is 49.4. The smallest absolute Gasteiger partial charge is 0.416 e. The molecule has 654 valence electrons. The summed E-state index contributed by atoms with van der Waals surface area (Å²) >= 11 is 25.1. The lowest BCUT2D eigenvalue weighted by Gasteiger charge is -2.27. The van der Waals surface area contributed by atoms with Gasteiger partial charge in [-0.05, 0) is 152 Å². The molecule has 4 rings (SSSR count). The molecule has 118 heavy (non-hydrogen) atoms. The largest absolute Gasteiger partial charge is 0.469 e. The number of methoxy groups -OCH3 is 2. The third-order valence-corrected chi connectivity index (χ3v) is 17.3. The molecule has 0 radical (unpaired) electrons. The highest BCUT2D eigenvalue weighted by molar-refractivity contribution is 6.35. The van der Waals surface area contributed by atoms with Crippen molar-refractivity contribution in [2.75, 3.05) is 143 Å². The molecule has 38 heteroatoms. The average Bonchev–Trinajstić information content (AvgIpc) is 0.526. The molecule has 0 saturated heterocycles. The maximum Gasteiger partial charge on any atom is 0.416 e. The highest BCUT2D eigenvalue weighted by atomic mass is 35.5. The van der Waals surface area contributed by atoms with E-state index in [1.165, 1.54) is 48.6 Å². The van der Waals surface area contributed by atoms with Crippen LogP contribution in [0.2, 0.25) is 20.1 Å². The number of ether oxygens (including phenoxy) is 10. The maximum atomic E-state index is 14.0. The van der Waals surface area contributed by atoms with Crippen molar-refractivity contribution in [1.29, 1.82) is 0 Å². The Hall–Kier alpha value is -8.78. The Balaban J connectivity index is 1.05. The third-order valence-electron chi connectivity index (χ3n) is 16.4. The van der Waals surface area contributed by atoms with Crippen LogP contribution in [0.3, 0.4) is 0 Å². The van der Waals surface area contributed by atoms with Crippen LogP contribution in [-0.4, -0.2) is 250 Å². The summed E-state index contributed by atoms with van der Waals surface area (Å²) in [7, 11) is 2.43. The van der Waals surface area contributed by atoms with Gasteiger partial charge in [0.05, 0.1) is 132 Å². The minimum atomic E-state index is -1.18. The van der Waals surface area contributed by atoms with Gasteiger partial charge in [-0.1, -0.05) is 58.5 Å². The number of aliphatic imine (C=N–C) groups is 2. The van der Waals surface area contributed by atoms with Crippen LogP contribution in [0.5, 0.6) is 0 Å². The van der Waals surface area contributed by atoms with Crippen molar-refractivity contribution in [3.8, 4) is 0 Å². The summed E-state index contributed by atoms with van der Waals surface area (Å²) in [5.41, 5.74) is 12.2. The molecule has 0 saturated carbocycles. The van der Waals surface area contributed by atoms with Gasteiger partial charge in [0.1, 0.15) is 34.9 Å². The quantitative estimate of drug-likeness (QED) is 0.00895. The summed E-state index contributed by atoms with van der Waals surface area (Å²) < 4.78 is 54.5. The second-order valence-corrected chi connectivity index (χ2v) is 30.4. The molecule has 0 spiro atoms. The van der Waals surface area contributed by atoms with Gasteiger partial charge in [-0.15, -0.1) is 0 Å². The number of halogens is 4.